The second-order valence-corrected chi connectivity index (χ2v) is 12.4. The Morgan fingerprint density at radius 1 is 0.543 bits per heavy atom. The summed E-state index contributed by atoms with van der Waals surface area (Å²) < 4.78 is 5.13. The molecule has 0 heterocycles. The first-order chi connectivity index (χ1) is 15.6. The predicted molar refractivity (Wildman–Crippen MR) is 155 cm³/mol. The highest BCUT2D eigenvalue weighted by molar-refractivity contribution is 5.66. The molecular weight excluding hydrogens is 436 g/mol. The lowest BCUT2D eigenvalue weighted by molar-refractivity contribution is -0.151. The molecule has 0 aromatic heterocycles. The quantitative estimate of drug-likeness (QED) is 0.245. The maximum atomic E-state index is 10.6. The molecule has 4 nitrogen and oxygen atoms in total. The molecule has 0 saturated heterocycles. The molecule has 0 aliphatic heterocycles. The third-order valence-electron chi connectivity index (χ3n) is 5.83. The van der Waals surface area contributed by atoms with E-state index in [2.05, 4.69) is 62.0 Å². The minimum absolute atomic E-state index is 0.0625. The van der Waals surface area contributed by atoms with E-state index >= 15 is 0 Å². The first-order valence-corrected chi connectivity index (χ1v) is 13.8. The molecule has 214 valence electrons. The van der Waals surface area contributed by atoms with Crippen molar-refractivity contribution < 1.29 is 19.7 Å². The van der Waals surface area contributed by atoms with Gasteiger partial charge in [-0.3, -0.25) is 4.79 Å². The molecule has 0 spiro atoms. The van der Waals surface area contributed by atoms with E-state index < -0.39 is 0 Å². The summed E-state index contributed by atoms with van der Waals surface area (Å²) in [5, 5.41) is 18.4. The standard InChI is InChI=1S/C9H18O2.C8H16.2C7H16O/c1-6(2)9(7(3)4)11-8(5)10;1-6(2)8(5)7(3)4;2*1-5(2)7(8)6(3)4/h6-7,9H,1-5H3;6-7H,5H2,1-4H3;2*5-8H,1-4H3. The lowest BCUT2D eigenvalue weighted by atomic mass is 9.95. The summed E-state index contributed by atoms with van der Waals surface area (Å²) in [6, 6.07) is 0. The van der Waals surface area contributed by atoms with E-state index in [0.717, 1.165) is 0 Å². The molecule has 0 unspecified atom stereocenters. The highest BCUT2D eigenvalue weighted by Gasteiger charge is 2.19. The van der Waals surface area contributed by atoms with Crippen molar-refractivity contribution in [2.24, 2.45) is 47.3 Å². The fourth-order valence-electron chi connectivity index (χ4n) is 3.44. The van der Waals surface area contributed by atoms with Gasteiger partial charge < -0.3 is 14.9 Å². The number of ether oxygens (including phenoxy) is 1. The molecule has 0 saturated carbocycles. The first-order valence-electron chi connectivity index (χ1n) is 13.8. The molecule has 35 heavy (non-hydrogen) atoms. The first kappa shape index (κ1) is 41.3. The third-order valence-corrected chi connectivity index (χ3v) is 5.83. The zero-order valence-corrected chi connectivity index (χ0v) is 26.8. The number of rotatable bonds is 9. The van der Waals surface area contributed by atoms with E-state index in [1.165, 1.54) is 12.5 Å². The van der Waals surface area contributed by atoms with Gasteiger partial charge in [-0.1, -0.05) is 123 Å². The summed E-state index contributed by atoms with van der Waals surface area (Å²) >= 11 is 0. The van der Waals surface area contributed by atoms with Crippen LogP contribution in [-0.4, -0.2) is 34.5 Å². The van der Waals surface area contributed by atoms with Crippen molar-refractivity contribution in [3.8, 4) is 0 Å². The molecule has 0 radical (unpaired) electrons. The van der Waals surface area contributed by atoms with Gasteiger partial charge in [0.2, 0.25) is 0 Å². The van der Waals surface area contributed by atoms with Crippen molar-refractivity contribution in [1.82, 2.24) is 0 Å². The van der Waals surface area contributed by atoms with Crippen LogP contribution in [0.2, 0.25) is 0 Å². The summed E-state index contributed by atoms with van der Waals surface area (Å²) in [6.07, 6.45) is -0.197. The Bertz CT molecular complexity index is 450. The summed E-state index contributed by atoms with van der Waals surface area (Å²) in [5.74, 6) is 3.51. The molecule has 0 aliphatic rings. The Morgan fingerprint density at radius 3 is 0.800 bits per heavy atom. The summed E-state index contributed by atoms with van der Waals surface area (Å²) in [6.45, 7) is 38.7. The second kappa shape index (κ2) is 22.3. The van der Waals surface area contributed by atoms with E-state index in [4.69, 9.17) is 4.74 Å². The molecule has 4 heteroatoms. The number of aliphatic hydroxyl groups is 2. The number of allylic oxidation sites excluding steroid dienone is 1. The van der Waals surface area contributed by atoms with E-state index in [1.807, 2.05) is 55.4 Å². The van der Waals surface area contributed by atoms with E-state index in [9.17, 15) is 15.0 Å². The molecule has 0 fully saturated rings. The van der Waals surface area contributed by atoms with Crippen LogP contribution in [0.3, 0.4) is 0 Å². The Hall–Kier alpha value is -0.870. The van der Waals surface area contributed by atoms with Crippen molar-refractivity contribution >= 4 is 5.97 Å². The maximum absolute atomic E-state index is 10.6. The molecule has 0 amide bonds. The summed E-state index contributed by atoms with van der Waals surface area (Å²) in [5.41, 5.74) is 1.35. The fraction of sp³-hybridized carbons (Fsp3) is 0.903. The van der Waals surface area contributed by atoms with Crippen molar-refractivity contribution in [3.05, 3.63) is 12.2 Å². The van der Waals surface area contributed by atoms with Gasteiger partial charge in [-0.2, -0.15) is 0 Å². The number of hydrogen-bond donors (Lipinski definition) is 2. The minimum atomic E-state index is -0.183. The van der Waals surface area contributed by atoms with Crippen molar-refractivity contribution in [3.63, 3.8) is 0 Å². The van der Waals surface area contributed by atoms with Gasteiger partial charge in [-0.25, -0.2) is 0 Å². The normalized spacial score (nSPS) is 11.5. The molecule has 0 aromatic carbocycles. The largest absolute Gasteiger partial charge is 0.462 e. The molecule has 0 atom stereocenters. The second-order valence-electron chi connectivity index (χ2n) is 12.4. The molecule has 0 rings (SSSR count). The van der Waals surface area contributed by atoms with Crippen LogP contribution < -0.4 is 0 Å². The third kappa shape index (κ3) is 26.0. The van der Waals surface area contributed by atoms with Gasteiger partial charge in [-0.05, 0) is 47.3 Å². The van der Waals surface area contributed by atoms with Crippen LogP contribution in [-0.2, 0) is 9.53 Å². The summed E-state index contributed by atoms with van der Waals surface area (Å²) in [7, 11) is 0. The van der Waals surface area contributed by atoms with Crippen LogP contribution in [0.4, 0.5) is 0 Å². The molecule has 0 bridgehead atoms. The highest BCUT2D eigenvalue weighted by atomic mass is 16.5. The molecular formula is C31H66O4. The van der Waals surface area contributed by atoms with Gasteiger partial charge >= 0.3 is 5.97 Å². The number of carbonyl (C=O) groups excluding carboxylic acids is 1. The van der Waals surface area contributed by atoms with Gasteiger partial charge in [0.25, 0.3) is 0 Å². The maximum Gasteiger partial charge on any atom is 0.302 e. The number of hydrogen-bond acceptors (Lipinski definition) is 4. The van der Waals surface area contributed by atoms with Gasteiger partial charge in [0.05, 0.1) is 12.2 Å². The number of esters is 1. The lowest BCUT2D eigenvalue weighted by Crippen LogP contribution is -2.27. The van der Waals surface area contributed by atoms with Crippen LogP contribution in [0.5, 0.6) is 0 Å². The highest BCUT2D eigenvalue weighted by Crippen LogP contribution is 2.16. The van der Waals surface area contributed by atoms with Crippen molar-refractivity contribution in [2.45, 2.75) is 136 Å². The van der Waals surface area contributed by atoms with E-state index in [0.29, 0.717) is 47.3 Å². The average Bonchev–Trinajstić information content (AvgIpc) is 2.70. The monoisotopic (exact) mass is 502 g/mol. The zero-order valence-electron chi connectivity index (χ0n) is 26.8. The van der Waals surface area contributed by atoms with Gasteiger partial charge in [0.15, 0.2) is 0 Å². The van der Waals surface area contributed by atoms with Crippen molar-refractivity contribution in [2.75, 3.05) is 0 Å². The zero-order chi connectivity index (χ0) is 29.2. The Balaban J connectivity index is -0.000000185. The Morgan fingerprint density at radius 2 is 0.771 bits per heavy atom. The Labute approximate surface area is 221 Å². The summed E-state index contributed by atoms with van der Waals surface area (Å²) in [4.78, 5) is 10.6. The molecule has 2 N–H and O–H groups in total. The van der Waals surface area contributed by atoms with Crippen LogP contribution in [0.25, 0.3) is 0 Å². The lowest BCUT2D eigenvalue weighted by Gasteiger charge is -2.23. The van der Waals surface area contributed by atoms with Crippen molar-refractivity contribution in [1.29, 1.82) is 0 Å². The molecule has 0 aliphatic carbocycles. The number of aliphatic hydroxyl groups excluding tert-OH is 2. The SMILES string of the molecule is C=C(C(C)C)C(C)C.CC(=O)OC(C(C)C)C(C)C.CC(C)C(O)C(C)C.CC(C)C(O)C(C)C. The van der Waals surface area contributed by atoms with Gasteiger partial charge in [-0.15, -0.1) is 0 Å². The molecule has 0 aromatic rings. The minimum Gasteiger partial charge on any atom is -0.462 e. The van der Waals surface area contributed by atoms with Gasteiger partial charge in [0, 0.05) is 6.92 Å². The van der Waals surface area contributed by atoms with Crippen LogP contribution >= 0.6 is 0 Å². The van der Waals surface area contributed by atoms with Crippen LogP contribution in [0, 0.1) is 47.3 Å². The predicted octanol–water partition coefficient (Wildman–Crippen LogP) is 8.40. The van der Waals surface area contributed by atoms with Gasteiger partial charge in [0.1, 0.15) is 6.10 Å². The van der Waals surface area contributed by atoms with E-state index in [-0.39, 0.29) is 24.3 Å². The van der Waals surface area contributed by atoms with E-state index in [1.54, 1.807) is 0 Å². The van der Waals surface area contributed by atoms with Crippen LogP contribution in [0.1, 0.15) is 118 Å². The average molecular weight is 503 g/mol. The Kier molecular flexibility index (Phi) is 26.3. The number of carbonyl (C=O) groups is 1. The van der Waals surface area contributed by atoms with Crippen LogP contribution in [0.15, 0.2) is 12.2 Å². The fourth-order valence-corrected chi connectivity index (χ4v) is 3.44. The smallest absolute Gasteiger partial charge is 0.302 e. The topological polar surface area (TPSA) is 66.8 Å².